The van der Waals surface area contributed by atoms with Gasteiger partial charge in [-0.15, -0.1) is 11.8 Å². The van der Waals surface area contributed by atoms with Gasteiger partial charge in [-0.2, -0.15) is 0 Å². The molecular formula is C18H23NO3S. The molecule has 0 saturated heterocycles. The van der Waals surface area contributed by atoms with Crippen molar-refractivity contribution >= 4 is 11.8 Å². The van der Waals surface area contributed by atoms with E-state index in [0.717, 1.165) is 21.9 Å². The Hall–Kier alpha value is -1.40. The summed E-state index contributed by atoms with van der Waals surface area (Å²) < 4.78 is 11.1. The quantitative estimate of drug-likeness (QED) is 0.534. The molecule has 2 aromatic rings. The van der Waals surface area contributed by atoms with E-state index in [1.165, 1.54) is 5.56 Å². The zero-order valence-electron chi connectivity index (χ0n) is 13.4. The smallest absolute Gasteiger partial charge is 0.0856 e. The summed E-state index contributed by atoms with van der Waals surface area (Å²) in [5.74, 6) is 0.869. The highest BCUT2D eigenvalue weighted by atomic mass is 32.2. The average Bonchev–Trinajstić information content (AvgIpc) is 2.59. The second-order valence-electron chi connectivity index (χ2n) is 5.04. The number of aromatic nitrogens is 1. The van der Waals surface area contributed by atoms with E-state index in [0.29, 0.717) is 26.4 Å². The molecule has 0 aliphatic carbocycles. The lowest BCUT2D eigenvalue weighted by molar-refractivity contribution is 0.0462. The molecule has 1 aromatic heterocycles. The van der Waals surface area contributed by atoms with Crippen LogP contribution in [-0.4, -0.2) is 35.7 Å². The van der Waals surface area contributed by atoms with E-state index < -0.39 is 0 Å². The molecule has 0 bridgehead atoms. The molecule has 0 unspecified atom stereocenters. The summed E-state index contributed by atoms with van der Waals surface area (Å²) in [4.78, 5) is 5.30. The summed E-state index contributed by atoms with van der Waals surface area (Å²) in [7, 11) is 0. The summed E-state index contributed by atoms with van der Waals surface area (Å²) in [6, 6.07) is 12.1. The maximum atomic E-state index is 9.21. The fourth-order valence-electron chi connectivity index (χ4n) is 2.07. The number of thioether (sulfide) groups is 1. The van der Waals surface area contributed by atoms with Gasteiger partial charge in [0, 0.05) is 16.8 Å². The van der Waals surface area contributed by atoms with Crippen molar-refractivity contribution in [2.24, 2.45) is 0 Å². The van der Waals surface area contributed by atoms with Crippen molar-refractivity contribution in [3.8, 4) is 0 Å². The van der Waals surface area contributed by atoms with Gasteiger partial charge in [-0.05, 0) is 24.1 Å². The molecule has 0 aliphatic rings. The number of ether oxygens (including phenoxy) is 2. The van der Waals surface area contributed by atoms with Crippen LogP contribution < -0.4 is 0 Å². The van der Waals surface area contributed by atoms with Gasteiger partial charge in [-0.1, -0.05) is 30.3 Å². The minimum Gasteiger partial charge on any atom is -0.390 e. The number of pyridine rings is 1. The van der Waals surface area contributed by atoms with Gasteiger partial charge in [0.1, 0.15) is 0 Å². The second kappa shape index (κ2) is 10.4. The highest BCUT2D eigenvalue weighted by Crippen LogP contribution is 2.23. The van der Waals surface area contributed by atoms with Crippen molar-refractivity contribution in [2.45, 2.75) is 25.0 Å². The zero-order chi connectivity index (χ0) is 16.3. The first kappa shape index (κ1) is 17.9. The molecule has 0 atom stereocenters. The van der Waals surface area contributed by atoms with Crippen LogP contribution in [0.1, 0.15) is 16.8 Å². The van der Waals surface area contributed by atoms with Gasteiger partial charge in [0.25, 0.3) is 0 Å². The van der Waals surface area contributed by atoms with Gasteiger partial charge in [-0.3, -0.25) is 4.98 Å². The van der Waals surface area contributed by atoms with E-state index in [9.17, 15) is 5.11 Å². The number of hydrogen-bond donors (Lipinski definition) is 1. The highest BCUT2D eigenvalue weighted by Gasteiger charge is 2.04. The number of hydrogen-bond acceptors (Lipinski definition) is 5. The lowest BCUT2D eigenvalue weighted by Gasteiger charge is -2.09. The summed E-state index contributed by atoms with van der Waals surface area (Å²) in [6.07, 6.45) is 1.74. The highest BCUT2D eigenvalue weighted by molar-refractivity contribution is 7.99. The van der Waals surface area contributed by atoms with Crippen molar-refractivity contribution in [3.63, 3.8) is 0 Å². The second-order valence-corrected chi connectivity index (χ2v) is 6.17. The van der Waals surface area contributed by atoms with E-state index in [4.69, 9.17) is 9.47 Å². The third kappa shape index (κ3) is 6.31. The molecule has 0 aliphatic heterocycles. The zero-order valence-corrected chi connectivity index (χ0v) is 14.2. The molecule has 0 radical (unpaired) electrons. The molecule has 4 nitrogen and oxygen atoms in total. The third-order valence-corrected chi connectivity index (χ3v) is 4.50. The Labute approximate surface area is 141 Å². The van der Waals surface area contributed by atoms with Gasteiger partial charge in [-0.25, -0.2) is 0 Å². The van der Waals surface area contributed by atoms with Crippen LogP contribution in [0.3, 0.4) is 0 Å². The third-order valence-electron chi connectivity index (χ3n) is 3.38. The molecular weight excluding hydrogens is 310 g/mol. The van der Waals surface area contributed by atoms with Gasteiger partial charge >= 0.3 is 0 Å². The molecule has 0 amide bonds. The van der Waals surface area contributed by atoms with Crippen molar-refractivity contribution in [1.82, 2.24) is 4.98 Å². The minimum atomic E-state index is -0.0184. The molecule has 23 heavy (non-hydrogen) atoms. The van der Waals surface area contributed by atoms with Crippen molar-refractivity contribution in [2.75, 3.05) is 25.6 Å². The fourth-order valence-corrected chi connectivity index (χ4v) is 2.98. The lowest BCUT2D eigenvalue weighted by Crippen LogP contribution is -2.06. The molecule has 0 fully saturated rings. The minimum absolute atomic E-state index is 0.0184. The molecule has 0 saturated carbocycles. The van der Waals surface area contributed by atoms with Crippen LogP contribution in [0, 0.1) is 6.92 Å². The Morgan fingerprint density at radius 1 is 1.04 bits per heavy atom. The van der Waals surface area contributed by atoms with E-state index in [1.54, 1.807) is 18.0 Å². The number of aliphatic hydroxyl groups excluding tert-OH is 1. The van der Waals surface area contributed by atoms with Gasteiger partial charge in [0.15, 0.2) is 0 Å². The first-order valence-electron chi connectivity index (χ1n) is 7.69. The predicted molar refractivity (Wildman–Crippen MR) is 92.5 cm³/mol. The Balaban J connectivity index is 1.54. The fraction of sp³-hybridized carbons (Fsp3) is 0.389. The van der Waals surface area contributed by atoms with Crippen LogP contribution >= 0.6 is 11.8 Å². The van der Waals surface area contributed by atoms with Crippen LogP contribution in [0.5, 0.6) is 0 Å². The molecule has 2 rings (SSSR count). The van der Waals surface area contributed by atoms with Crippen LogP contribution in [-0.2, 0) is 22.7 Å². The van der Waals surface area contributed by atoms with E-state index in [-0.39, 0.29) is 6.61 Å². The van der Waals surface area contributed by atoms with Crippen LogP contribution in [0.2, 0.25) is 0 Å². The largest absolute Gasteiger partial charge is 0.390 e. The number of rotatable bonds is 10. The number of nitrogens with zero attached hydrogens (tertiary/aromatic N) is 1. The van der Waals surface area contributed by atoms with E-state index >= 15 is 0 Å². The SMILES string of the molecule is Cc1c(SCCOCCOCc2ccccc2)ccnc1CO. The Kier molecular flexibility index (Phi) is 8.11. The van der Waals surface area contributed by atoms with Gasteiger partial charge in [0.2, 0.25) is 0 Å². The lowest BCUT2D eigenvalue weighted by atomic mass is 10.2. The molecule has 1 heterocycles. The monoisotopic (exact) mass is 333 g/mol. The number of aliphatic hydroxyl groups is 1. The molecule has 1 N–H and O–H groups in total. The maximum Gasteiger partial charge on any atom is 0.0856 e. The molecule has 0 spiro atoms. The maximum absolute atomic E-state index is 9.21. The molecule has 124 valence electrons. The van der Waals surface area contributed by atoms with Crippen LogP contribution in [0.15, 0.2) is 47.5 Å². The molecule has 1 aromatic carbocycles. The first-order chi connectivity index (χ1) is 11.3. The standard InChI is InChI=1S/C18H23NO3S/c1-15-17(13-20)19-8-7-18(15)23-12-11-21-9-10-22-14-16-5-3-2-4-6-16/h2-8,20H,9-14H2,1H3. The topological polar surface area (TPSA) is 51.6 Å². The van der Waals surface area contributed by atoms with Crippen molar-refractivity contribution < 1.29 is 14.6 Å². The molecule has 5 heteroatoms. The Morgan fingerprint density at radius 2 is 1.83 bits per heavy atom. The van der Waals surface area contributed by atoms with Crippen LogP contribution in [0.25, 0.3) is 0 Å². The first-order valence-corrected chi connectivity index (χ1v) is 8.67. The van der Waals surface area contributed by atoms with Gasteiger partial charge < -0.3 is 14.6 Å². The number of benzene rings is 1. The summed E-state index contributed by atoms with van der Waals surface area (Å²) in [5.41, 5.74) is 2.97. The van der Waals surface area contributed by atoms with E-state index in [1.807, 2.05) is 31.2 Å². The van der Waals surface area contributed by atoms with Crippen molar-refractivity contribution in [1.29, 1.82) is 0 Å². The Bertz CT molecular complexity index is 578. The summed E-state index contributed by atoms with van der Waals surface area (Å²) in [6.45, 7) is 4.47. The van der Waals surface area contributed by atoms with Crippen molar-refractivity contribution in [3.05, 3.63) is 59.4 Å². The van der Waals surface area contributed by atoms with Gasteiger partial charge in [0.05, 0.1) is 38.7 Å². The Morgan fingerprint density at radius 3 is 2.61 bits per heavy atom. The summed E-state index contributed by atoms with van der Waals surface area (Å²) >= 11 is 1.72. The average molecular weight is 333 g/mol. The predicted octanol–water partition coefficient (Wildman–Crippen LogP) is 3.21. The van der Waals surface area contributed by atoms with E-state index in [2.05, 4.69) is 17.1 Å². The van der Waals surface area contributed by atoms with Crippen LogP contribution in [0.4, 0.5) is 0 Å². The summed E-state index contributed by atoms with van der Waals surface area (Å²) in [5, 5.41) is 9.21. The normalized spacial score (nSPS) is 10.9.